The molecule has 2 amide bonds. The molecular formula is C22H20ClF3N2O4. The second-order valence-corrected chi connectivity index (χ2v) is 7.68. The molecule has 0 saturated carbocycles. The third-order valence-electron chi connectivity index (χ3n) is 5.03. The van der Waals surface area contributed by atoms with Gasteiger partial charge in [0.25, 0.3) is 5.91 Å². The molecular weight excluding hydrogens is 449 g/mol. The first kappa shape index (κ1) is 23.6. The number of ether oxygens (including phenoxy) is 1. The van der Waals surface area contributed by atoms with Crippen LogP contribution in [0.2, 0.25) is 5.02 Å². The van der Waals surface area contributed by atoms with Crippen LogP contribution in [-0.4, -0.2) is 30.9 Å². The van der Waals surface area contributed by atoms with Crippen molar-refractivity contribution < 1.29 is 32.3 Å². The molecule has 6 nitrogen and oxygen atoms in total. The Balaban J connectivity index is 1.55. The number of hydrogen-bond acceptors (Lipinski definition) is 4. The molecule has 0 aromatic heterocycles. The van der Waals surface area contributed by atoms with Crippen molar-refractivity contribution in [2.24, 2.45) is 5.92 Å². The van der Waals surface area contributed by atoms with Crippen molar-refractivity contribution in [1.29, 1.82) is 0 Å². The maximum atomic E-state index is 12.8. The summed E-state index contributed by atoms with van der Waals surface area (Å²) in [5.74, 6) is -2.58. The van der Waals surface area contributed by atoms with Crippen LogP contribution >= 0.6 is 11.6 Å². The smallest absolute Gasteiger partial charge is 0.416 e. The minimum absolute atomic E-state index is 0.0601. The van der Waals surface area contributed by atoms with Gasteiger partial charge in [-0.25, -0.2) is 0 Å². The standard InChI is InChI=1S/C22H20ClF3N2O4/c1-2-13-3-6-16(7-4-13)28-11-14(9-20(28)30)21(31)32-12-19(29)27-18-10-15(22(24,25)26)5-8-17(18)23/h3-8,10,14H,2,9,11-12H2,1H3,(H,27,29)/t14-/m1/s1. The Morgan fingerprint density at radius 2 is 1.88 bits per heavy atom. The van der Waals surface area contributed by atoms with Crippen LogP contribution in [0.4, 0.5) is 24.5 Å². The highest BCUT2D eigenvalue weighted by atomic mass is 35.5. The lowest BCUT2D eigenvalue weighted by Gasteiger charge is -2.17. The maximum absolute atomic E-state index is 12.8. The van der Waals surface area contributed by atoms with Crippen LogP contribution in [0.1, 0.15) is 24.5 Å². The molecule has 0 spiro atoms. The van der Waals surface area contributed by atoms with Crippen LogP contribution in [0, 0.1) is 5.92 Å². The summed E-state index contributed by atoms with van der Waals surface area (Å²) in [6.45, 7) is 1.41. The number of esters is 1. The van der Waals surface area contributed by atoms with Gasteiger partial charge < -0.3 is 15.0 Å². The van der Waals surface area contributed by atoms with E-state index in [0.717, 1.165) is 24.1 Å². The molecule has 1 N–H and O–H groups in total. The van der Waals surface area contributed by atoms with E-state index < -0.39 is 36.1 Å². The molecule has 32 heavy (non-hydrogen) atoms. The molecule has 0 bridgehead atoms. The Morgan fingerprint density at radius 3 is 2.50 bits per heavy atom. The average molecular weight is 469 g/mol. The van der Waals surface area contributed by atoms with Crippen molar-refractivity contribution in [3.63, 3.8) is 0 Å². The zero-order valence-corrected chi connectivity index (χ0v) is 17.8. The molecule has 1 heterocycles. The molecule has 2 aromatic carbocycles. The Hall–Kier alpha value is -3.07. The number of nitrogens with zero attached hydrogens (tertiary/aromatic N) is 1. The van der Waals surface area contributed by atoms with Crippen LogP contribution in [0.3, 0.4) is 0 Å². The normalized spacial score (nSPS) is 16.2. The molecule has 1 aliphatic heterocycles. The van der Waals surface area contributed by atoms with Crippen molar-refractivity contribution in [2.45, 2.75) is 25.9 Å². The number of rotatable bonds is 6. The first-order valence-corrected chi connectivity index (χ1v) is 10.2. The number of nitrogens with one attached hydrogen (secondary N) is 1. The molecule has 0 radical (unpaired) electrons. The molecule has 1 fully saturated rings. The van der Waals surface area contributed by atoms with E-state index in [9.17, 15) is 27.6 Å². The van der Waals surface area contributed by atoms with E-state index in [1.165, 1.54) is 4.90 Å². The van der Waals surface area contributed by atoms with Gasteiger partial charge in [0.1, 0.15) is 0 Å². The number of alkyl halides is 3. The van der Waals surface area contributed by atoms with Crippen LogP contribution in [0.15, 0.2) is 42.5 Å². The summed E-state index contributed by atoms with van der Waals surface area (Å²) in [6.07, 6.45) is -3.80. The summed E-state index contributed by atoms with van der Waals surface area (Å²) in [4.78, 5) is 38.2. The summed E-state index contributed by atoms with van der Waals surface area (Å²) in [6, 6.07) is 9.90. The molecule has 3 rings (SSSR count). The van der Waals surface area contributed by atoms with E-state index in [0.29, 0.717) is 11.8 Å². The fourth-order valence-corrected chi connectivity index (χ4v) is 3.43. The Morgan fingerprint density at radius 1 is 1.19 bits per heavy atom. The second-order valence-electron chi connectivity index (χ2n) is 7.27. The van der Waals surface area contributed by atoms with Crippen LogP contribution in [0.25, 0.3) is 0 Å². The van der Waals surface area contributed by atoms with Gasteiger partial charge in [-0.05, 0) is 42.3 Å². The fraction of sp³-hybridized carbons (Fsp3) is 0.318. The van der Waals surface area contributed by atoms with E-state index >= 15 is 0 Å². The van der Waals surface area contributed by atoms with Gasteiger partial charge in [0.2, 0.25) is 5.91 Å². The Labute approximate surface area is 187 Å². The molecule has 10 heteroatoms. The average Bonchev–Trinajstić information content (AvgIpc) is 3.14. The van der Waals surface area contributed by atoms with Crippen molar-refractivity contribution in [3.8, 4) is 0 Å². The third-order valence-corrected chi connectivity index (χ3v) is 5.36. The van der Waals surface area contributed by atoms with E-state index in [1.54, 1.807) is 12.1 Å². The topological polar surface area (TPSA) is 75.7 Å². The molecule has 0 unspecified atom stereocenters. The first-order valence-electron chi connectivity index (χ1n) is 9.81. The number of amides is 2. The van der Waals surface area contributed by atoms with Gasteiger partial charge in [-0.15, -0.1) is 0 Å². The predicted octanol–water partition coefficient (Wildman–Crippen LogP) is 4.46. The molecule has 2 aromatic rings. The van der Waals surface area contributed by atoms with E-state index in [-0.39, 0.29) is 29.6 Å². The molecule has 1 atom stereocenters. The van der Waals surface area contributed by atoms with Gasteiger partial charge in [-0.3, -0.25) is 14.4 Å². The second kappa shape index (κ2) is 9.60. The quantitative estimate of drug-likeness (QED) is 0.635. The molecule has 0 aliphatic carbocycles. The lowest BCUT2D eigenvalue weighted by Crippen LogP contribution is -2.28. The maximum Gasteiger partial charge on any atom is 0.416 e. The van der Waals surface area contributed by atoms with Crippen LogP contribution < -0.4 is 10.2 Å². The lowest BCUT2D eigenvalue weighted by molar-refractivity contribution is -0.151. The van der Waals surface area contributed by atoms with Crippen molar-refractivity contribution in [2.75, 3.05) is 23.4 Å². The largest absolute Gasteiger partial charge is 0.455 e. The van der Waals surface area contributed by atoms with Gasteiger partial charge in [-0.2, -0.15) is 13.2 Å². The monoisotopic (exact) mass is 468 g/mol. The van der Waals surface area contributed by atoms with Crippen molar-refractivity contribution in [3.05, 3.63) is 58.6 Å². The number of aryl methyl sites for hydroxylation is 1. The molecule has 170 valence electrons. The van der Waals surface area contributed by atoms with Gasteiger partial charge >= 0.3 is 12.1 Å². The highest BCUT2D eigenvalue weighted by Crippen LogP contribution is 2.34. The summed E-state index contributed by atoms with van der Waals surface area (Å²) in [5, 5.41) is 2.10. The fourth-order valence-electron chi connectivity index (χ4n) is 3.26. The number of carbonyl (C=O) groups excluding carboxylic acids is 3. The number of benzene rings is 2. The predicted molar refractivity (Wildman–Crippen MR) is 112 cm³/mol. The number of halogens is 4. The van der Waals surface area contributed by atoms with Crippen molar-refractivity contribution in [1.82, 2.24) is 0 Å². The molecule has 1 aliphatic rings. The molecule has 1 saturated heterocycles. The van der Waals surface area contributed by atoms with Crippen LogP contribution in [0.5, 0.6) is 0 Å². The third kappa shape index (κ3) is 5.59. The summed E-state index contributed by atoms with van der Waals surface area (Å²) < 4.78 is 43.5. The summed E-state index contributed by atoms with van der Waals surface area (Å²) >= 11 is 5.83. The van der Waals surface area contributed by atoms with Gasteiger partial charge in [0, 0.05) is 18.7 Å². The lowest BCUT2D eigenvalue weighted by atomic mass is 10.1. The van der Waals surface area contributed by atoms with Gasteiger partial charge in [0.05, 0.1) is 22.2 Å². The summed E-state index contributed by atoms with van der Waals surface area (Å²) in [7, 11) is 0. The van der Waals surface area contributed by atoms with E-state index in [1.807, 2.05) is 19.1 Å². The van der Waals surface area contributed by atoms with Crippen LogP contribution in [-0.2, 0) is 31.7 Å². The SMILES string of the molecule is CCc1ccc(N2C[C@H](C(=O)OCC(=O)Nc3cc(C(F)(F)F)ccc3Cl)CC2=O)cc1. The highest BCUT2D eigenvalue weighted by Gasteiger charge is 2.36. The Kier molecular flexibility index (Phi) is 7.08. The Bertz CT molecular complexity index is 1020. The first-order chi connectivity index (χ1) is 15.1. The zero-order chi connectivity index (χ0) is 23.5. The number of anilines is 2. The van der Waals surface area contributed by atoms with E-state index in [2.05, 4.69) is 5.32 Å². The van der Waals surface area contributed by atoms with E-state index in [4.69, 9.17) is 16.3 Å². The van der Waals surface area contributed by atoms with Crippen molar-refractivity contribution >= 4 is 40.8 Å². The van der Waals surface area contributed by atoms with Gasteiger partial charge in [-0.1, -0.05) is 30.7 Å². The highest BCUT2D eigenvalue weighted by molar-refractivity contribution is 6.33. The number of hydrogen-bond donors (Lipinski definition) is 1. The zero-order valence-electron chi connectivity index (χ0n) is 17.0. The van der Waals surface area contributed by atoms with Gasteiger partial charge in [0.15, 0.2) is 6.61 Å². The number of carbonyl (C=O) groups is 3. The minimum Gasteiger partial charge on any atom is -0.455 e. The summed E-state index contributed by atoms with van der Waals surface area (Å²) in [5.41, 5.74) is 0.550. The minimum atomic E-state index is -4.60.